The van der Waals surface area contributed by atoms with Gasteiger partial charge in [0, 0.05) is 19.2 Å². The van der Waals surface area contributed by atoms with E-state index in [4.69, 9.17) is 4.74 Å². The van der Waals surface area contributed by atoms with Gasteiger partial charge in [0.2, 0.25) is 11.6 Å². The van der Waals surface area contributed by atoms with Gasteiger partial charge in [-0.15, -0.1) is 0 Å². The molecule has 0 saturated heterocycles. The first kappa shape index (κ1) is 17.1. The van der Waals surface area contributed by atoms with Gasteiger partial charge in [0.15, 0.2) is 0 Å². The maximum absolute atomic E-state index is 12.0. The van der Waals surface area contributed by atoms with E-state index in [0.717, 1.165) is 6.33 Å². The summed E-state index contributed by atoms with van der Waals surface area (Å²) >= 11 is 0. The molecule has 0 spiro atoms. The summed E-state index contributed by atoms with van der Waals surface area (Å²) in [5.74, 6) is -0.542. The first-order chi connectivity index (χ1) is 11.6. The summed E-state index contributed by atoms with van der Waals surface area (Å²) in [6.45, 7) is 0.693. The van der Waals surface area contributed by atoms with Crippen LogP contribution in [0, 0.1) is 10.1 Å². The third-order valence-corrected chi connectivity index (χ3v) is 2.93. The van der Waals surface area contributed by atoms with E-state index in [1.165, 1.54) is 7.11 Å². The number of nitrogens with zero attached hydrogens (tertiary/aromatic N) is 3. The summed E-state index contributed by atoms with van der Waals surface area (Å²) in [4.78, 5) is 30.3. The van der Waals surface area contributed by atoms with Crippen LogP contribution in [-0.4, -0.2) is 41.1 Å². The Hall–Kier alpha value is -3.27. The van der Waals surface area contributed by atoms with Crippen LogP contribution in [0.25, 0.3) is 0 Å². The van der Waals surface area contributed by atoms with E-state index >= 15 is 0 Å². The molecule has 0 fully saturated rings. The highest BCUT2D eigenvalue weighted by Crippen LogP contribution is 2.28. The smallest absolute Gasteiger partial charge is 0.354 e. The number of nitro groups is 1. The molecule has 0 aliphatic heterocycles. The van der Waals surface area contributed by atoms with Crippen LogP contribution in [0.3, 0.4) is 0 Å². The zero-order valence-corrected chi connectivity index (χ0v) is 12.9. The molecule has 2 aromatic rings. The van der Waals surface area contributed by atoms with Crippen molar-refractivity contribution in [1.82, 2.24) is 15.4 Å². The summed E-state index contributed by atoms with van der Waals surface area (Å²) < 4.78 is 4.87. The number of hydrogen-bond donors (Lipinski definition) is 3. The van der Waals surface area contributed by atoms with Crippen LogP contribution < -0.4 is 16.2 Å². The van der Waals surface area contributed by atoms with Gasteiger partial charge in [-0.3, -0.25) is 25.8 Å². The molecule has 0 radical (unpaired) electrons. The lowest BCUT2D eigenvalue weighted by Gasteiger charge is -2.10. The fourth-order valence-corrected chi connectivity index (χ4v) is 1.82. The van der Waals surface area contributed by atoms with Gasteiger partial charge in [-0.1, -0.05) is 18.2 Å². The van der Waals surface area contributed by atoms with Crippen molar-refractivity contribution in [3.05, 3.63) is 52.3 Å². The van der Waals surface area contributed by atoms with Gasteiger partial charge >= 0.3 is 5.69 Å². The van der Waals surface area contributed by atoms with E-state index in [1.54, 1.807) is 30.3 Å². The third-order valence-electron chi connectivity index (χ3n) is 2.93. The standard InChI is InChI=1S/C14H16N6O4/c1-24-8-7-15-12-11(20(22)23)13(17-9-16-12)18-19-14(21)10-5-3-2-4-6-10/h2-6,9H,7-8H2,1H3,(H,19,21)(H2,15,16,17,18). The van der Waals surface area contributed by atoms with Crippen LogP contribution in [0.1, 0.15) is 10.4 Å². The Bertz CT molecular complexity index is 710. The molecule has 0 aliphatic rings. The quantitative estimate of drug-likeness (QED) is 0.373. The van der Waals surface area contributed by atoms with Crippen molar-refractivity contribution in [3.8, 4) is 0 Å². The van der Waals surface area contributed by atoms with E-state index in [1.807, 2.05) is 0 Å². The number of amides is 1. The first-order valence-corrected chi connectivity index (χ1v) is 6.97. The fourth-order valence-electron chi connectivity index (χ4n) is 1.82. The number of ether oxygens (including phenoxy) is 1. The van der Waals surface area contributed by atoms with Gasteiger partial charge < -0.3 is 10.1 Å². The highest BCUT2D eigenvalue weighted by atomic mass is 16.6. The number of aromatic nitrogens is 2. The van der Waals surface area contributed by atoms with Gasteiger partial charge in [0.05, 0.1) is 11.5 Å². The highest BCUT2D eigenvalue weighted by Gasteiger charge is 2.23. The van der Waals surface area contributed by atoms with E-state index < -0.39 is 10.8 Å². The average Bonchev–Trinajstić information content (AvgIpc) is 2.60. The Balaban J connectivity index is 2.13. The van der Waals surface area contributed by atoms with Gasteiger partial charge in [-0.05, 0) is 12.1 Å². The number of benzene rings is 1. The number of carbonyl (C=O) groups excluding carboxylic acids is 1. The SMILES string of the molecule is COCCNc1ncnc(NNC(=O)c2ccccc2)c1[N+](=O)[O-]. The monoisotopic (exact) mass is 332 g/mol. The highest BCUT2D eigenvalue weighted by molar-refractivity contribution is 5.95. The molecule has 0 unspecified atom stereocenters. The Morgan fingerprint density at radius 1 is 1.25 bits per heavy atom. The molecule has 1 aromatic heterocycles. The Kier molecular flexibility index (Phi) is 5.97. The van der Waals surface area contributed by atoms with Gasteiger partial charge in [-0.25, -0.2) is 9.97 Å². The van der Waals surface area contributed by atoms with Crippen LogP contribution in [0.2, 0.25) is 0 Å². The minimum atomic E-state index is -0.633. The lowest BCUT2D eigenvalue weighted by molar-refractivity contribution is -0.383. The Morgan fingerprint density at radius 3 is 2.62 bits per heavy atom. The van der Waals surface area contributed by atoms with E-state index in [-0.39, 0.29) is 17.3 Å². The predicted octanol–water partition coefficient (Wildman–Crippen LogP) is 1.20. The first-order valence-electron chi connectivity index (χ1n) is 6.97. The van der Waals surface area contributed by atoms with Crippen LogP contribution in [0.15, 0.2) is 36.7 Å². The minimum Gasteiger partial charge on any atom is -0.383 e. The minimum absolute atomic E-state index is 0.0310. The predicted molar refractivity (Wildman–Crippen MR) is 86.6 cm³/mol. The normalized spacial score (nSPS) is 10.0. The number of carbonyl (C=O) groups is 1. The van der Waals surface area contributed by atoms with Crippen molar-refractivity contribution in [1.29, 1.82) is 0 Å². The molecule has 0 bridgehead atoms. The summed E-state index contributed by atoms with van der Waals surface area (Å²) in [5.41, 5.74) is 4.86. The van der Waals surface area contributed by atoms with Crippen LogP contribution in [0.5, 0.6) is 0 Å². The Labute approximate surface area is 137 Å². The maximum atomic E-state index is 12.0. The van der Waals surface area contributed by atoms with Gasteiger partial charge in [0.1, 0.15) is 6.33 Å². The van der Waals surface area contributed by atoms with Crippen molar-refractivity contribution >= 4 is 23.2 Å². The molecule has 0 atom stereocenters. The summed E-state index contributed by atoms with van der Waals surface area (Å²) in [6.07, 6.45) is 1.15. The third kappa shape index (κ3) is 4.36. The number of nitrogens with one attached hydrogen (secondary N) is 3. The molecular formula is C14H16N6O4. The maximum Gasteiger partial charge on any atom is 0.354 e. The average molecular weight is 332 g/mol. The van der Waals surface area contributed by atoms with Crippen molar-refractivity contribution in [2.75, 3.05) is 31.0 Å². The van der Waals surface area contributed by atoms with Crippen LogP contribution in [-0.2, 0) is 4.74 Å². The number of methoxy groups -OCH3 is 1. The number of hydrazine groups is 1. The molecule has 1 heterocycles. The van der Waals surface area contributed by atoms with Crippen molar-refractivity contribution in [3.63, 3.8) is 0 Å². The molecule has 10 nitrogen and oxygen atoms in total. The van der Waals surface area contributed by atoms with Crippen LogP contribution >= 0.6 is 0 Å². The van der Waals surface area contributed by atoms with E-state index in [0.29, 0.717) is 18.7 Å². The summed E-state index contributed by atoms with van der Waals surface area (Å²) in [7, 11) is 1.52. The second-order valence-electron chi connectivity index (χ2n) is 4.54. The molecule has 10 heteroatoms. The molecule has 0 saturated carbocycles. The van der Waals surface area contributed by atoms with E-state index in [9.17, 15) is 14.9 Å². The number of anilines is 2. The number of hydrogen-bond acceptors (Lipinski definition) is 8. The van der Waals surface area contributed by atoms with Gasteiger partial charge in [-0.2, -0.15) is 0 Å². The molecule has 1 amide bonds. The molecule has 0 aliphatic carbocycles. The topological polar surface area (TPSA) is 131 Å². The second kappa shape index (κ2) is 8.39. The molecule has 2 rings (SSSR count). The van der Waals surface area contributed by atoms with E-state index in [2.05, 4.69) is 26.1 Å². The molecular weight excluding hydrogens is 316 g/mol. The second-order valence-corrected chi connectivity index (χ2v) is 4.54. The zero-order chi connectivity index (χ0) is 17.4. The lowest BCUT2D eigenvalue weighted by atomic mass is 10.2. The van der Waals surface area contributed by atoms with Crippen molar-refractivity contribution < 1.29 is 14.5 Å². The Morgan fingerprint density at radius 2 is 1.96 bits per heavy atom. The molecule has 126 valence electrons. The number of rotatable bonds is 8. The van der Waals surface area contributed by atoms with Crippen molar-refractivity contribution in [2.45, 2.75) is 0 Å². The molecule has 3 N–H and O–H groups in total. The van der Waals surface area contributed by atoms with Crippen LogP contribution in [0.4, 0.5) is 17.3 Å². The molecule has 1 aromatic carbocycles. The summed E-state index contributed by atoms with van der Waals surface area (Å²) in [5, 5.41) is 14.1. The molecule has 24 heavy (non-hydrogen) atoms. The van der Waals surface area contributed by atoms with Crippen molar-refractivity contribution in [2.24, 2.45) is 0 Å². The largest absolute Gasteiger partial charge is 0.383 e. The fraction of sp³-hybridized carbons (Fsp3) is 0.214. The van der Waals surface area contributed by atoms with Gasteiger partial charge in [0.25, 0.3) is 5.91 Å². The zero-order valence-electron chi connectivity index (χ0n) is 12.9. The summed E-state index contributed by atoms with van der Waals surface area (Å²) in [6, 6.07) is 8.42. The lowest BCUT2D eigenvalue weighted by Crippen LogP contribution is -2.30.